The maximum Gasteiger partial charge on any atom is 0.251 e. The highest BCUT2D eigenvalue weighted by Crippen LogP contribution is 2.29. The minimum absolute atomic E-state index is 0.0821. The van der Waals surface area contributed by atoms with Gasteiger partial charge in [0.1, 0.15) is 0 Å². The summed E-state index contributed by atoms with van der Waals surface area (Å²) in [5, 5.41) is 2.98. The third-order valence-electron chi connectivity index (χ3n) is 3.16. The lowest BCUT2D eigenvalue weighted by Crippen LogP contribution is -2.35. The summed E-state index contributed by atoms with van der Waals surface area (Å²) in [5.74, 6) is 1.22. The van der Waals surface area contributed by atoms with Crippen LogP contribution in [0, 0.1) is 12.8 Å². The highest BCUT2D eigenvalue weighted by atomic mass is 16.1. The van der Waals surface area contributed by atoms with E-state index in [1.807, 2.05) is 13.0 Å². The second-order valence-electron chi connectivity index (χ2n) is 5.13. The number of carbonyl (C=O) groups excluding carboxylic acids is 1. The summed E-state index contributed by atoms with van der Waals surface area (Å²) in [6.45, 7) is 7.27. The number of hydrogen-bond acceptors (Lipinski definition) is 1. The van der Waals surface area contributed by atoms with Crippen molar-refractivity contribution in [2.24, 2.45) is 5.92 Å². The number of hydrogen-bond donors (Lipinski definition) is 1. The standard InChI is InChI=1S/C14H19NO/c1-9(2)6-11-8-15-14(16)13-7-10(3)4-5-12(11)13/h4-5,7,9,11H,6,8H2,1-3H3,(H,15,16). The second-order valence-corrected chi connectivity index (χ2v) is 5.13. The Morgan fingerprint density at radius 3 is 2.88 bits per heavy atom. The quantitative estimate of drug-likeness (QED) is 0.811. The molecular weight excluding hydrogens is 198 g/mol. The number of aryl methyl sites for hydroxylation is 1. The molecule has 1 aromatic rings. The molecule has 86 valence electrons. The molecule has 1 aliphatic rings. The van der Waals surface area contributed by atoms with Gasteiger partial charge in [-0.15, -0.1) is 0 Å². The second kappa shape index (κ2) is 4.28. The van der Waals surface area contributed by atoms with Crippen LogP contribution < -0.4 is 5.32 Å². The van der Waals surface area contributed by atoms with Gasteiger partial charge in [-0.05, 0) is 30.9 Å². The van der Waals surface area contributed by atoms with E-state index in [2.05, 4.69) is 31.3 Å². The summed E-state index contributed by atoms with van der Waals surface area (Å²) < 4.78 is 0. The first kappa shape index (κ1) is 11.2. The summed E-state index contributed by atoms with van der Waals surface area (Å²) in [6, 6.07) is 6.22. The largest absolute Gasteiger partial charge is 0.351 e. The van der Waals surface area contributed by atoms with E-state index in [9.17, 15) is 4.79 Å². The van der Waals surface area contributed by atoms with Gasteiger partial charge in [0.2, 0.25) is 0 Å². The Morgan fingerprint density at radius 2 is 2.19 bits per heavy atom. The molecule has 1 aliphatic heterocycles. The fourth-order valence-electron chi connectivity index (χ4n) is 2.42. The number of rotatable bonds is 2. The number of carbonyl (C=O) groups is 1. The lowest BCUT2D eigenvalue weighted by atomic mass is 9.84. The van der Waals surface area contributed by atoms with Gasteiger partial charge in [-0.1, -0.05) is 31.5 Å². The summed E-state index contributed by atoms with van der Waals surface area (Å²) in [7, 11) is 0. The fraction of sp³-hybridized carbons (Fsp3) is 0.500. The fourth-order valence-corrected chi connectivity index (χ4v) is 2.42. The van der Waals surface area contributed by atoms with Gasteiger partial charge in [0.25, 0.3) is 5.91 Å². The van der Waals surface area contributed by atoms with E-state index in [0.29, 0.717) is 11.8 Å². The molecule has 0 saturated heterocycles. The lowest BCUT2D eigenvalue weighted by Gasteiger charge is -2.27. The van der Waals surface area contributed by atoms with Crippen LogP contribution in [0.25, 0.3) is 0 Å². The van der Waals surface area contributed by atoms with Crippen LogP contribution in [0.2, 0.25) is 0 Å². The van der Waals surface area contributed by atoms with Crippen molar-refractivity contribution in [3.05, 3.63) is 34.9 Å². The summed E-state index contributed by atoms with van der Waals surface area (Å²) >= 11 is 0. The van der Waals surface area contributed by atoms with Gasteiger partial charge in [0.15, 0.2) is 0 Å². The normalized spacial score (nSPS) is 19.5. The lowest BCUT2D eigenvalue weighted by molar-refractivity contribution is 0.0938. The monoisotopic (exact) mass is 217 g/mol. The van der Waals surface area contributed by atoms with Crippen molar-refractivity contribution >= 4 is 5.91 Å². The first-order chi connectivity index (χ1) is 7.58. The van der Waals surface area contributed by atoms with E-state index in [1.165, 1.54) is 5.56 Å². The maximum absolute atomic E-state index is 11.8. The zero-order valence-electron chi connectivity index (χ0n) is 10.2. The zero-order valence-corrected chi connectivity index (χ0v) is 10.2. The Hall–Kier alpha value is -1.31. The summed E-state index contributed by atoms with van der Waals surface area (Å²) in [5.41, 5.74) is 3.25. The van der Waals surface area contributed by atoms with Gasteiger partial charge in [-0.25, -0.2) is 0 Å². The Kier molecular flexibility index (Phi) is 2.99. The van der Waals surface area contributed by atoms with E-state index in [0.717, 1.165) is 24.1 Å². The summed E-state index contributed by atoms with van der Waals surface area (Å²) in [4.78, 5) is 11.8. The Morgan fingerprint density at radius 1 is 1.44 bits per heavy atom. The SMILES string of the molecule is Cc1ccc2c(c1)C(=O)NCC2CC(C)C. The molecule has 0 aromatic heterocycles. The molecule has 0 radical (unpaired) electrons. The minimum atomic E-state index is 0.0821. The molecule has 1 atom stereocenters. The number of benzene rings is 1. The van der Waals surface area contributed by atoms with E-state index in [-0.39, 0.29) is 5.91 Å². The van der Waals surface area contributed by atoms with Gasteiger partial charge in [0, 0.05) is 18.0 Å². The highest BCUT2D eigenvalue weighted by molar-refractivity contribution is 5.97. The van der Waals surface area contributed by atoms with E-state index < -0.39 is 0 Å². The zero-order chi connectivity index (χ0) is 11.7. The highest BCUT2D eigenvalue weighted by Gasteiger charge is 2.25. The molecule has 0 spiro atoms. The van der Waals surface area contributed by atoms with Crippen LogP contribution in [0.15, 0.2) is 18.2 Å². The number of amides is 1. The van der Waals surface area contributed by atoms with Crippen LogP contribution in [0.5, 0.6) is 0 Å². The van der Waals surface area contributed by atoms with Crippen LogP contribution in [-0.4, -0.2) is 12.5 Å². The van der Waals surface area contributed by atoms with Crippen LogP contribution in [-0.2, 0) is 0 Å². The van der Waals surface area contributed by atoms with Crippen molar-refractivity contribution in [2.75, 3.05) is 6.54 Å². The van der Waals surface area contributed by atoms with Gasteiger partial charge >= 0.3 is 0 Å². The molecule has 2 heteroatoms. The van der Waals surface area contributed by atoms with Crippen molar-refractivity contribution < 1.29 is 4.79 Å². The van der Waals surface area contributed by atoms with E-state index in [4.69, 9.17) is 0 Å². The molecule has 1 N–H and O–H groups in total. The molecule has 16 heavy (non-hydrogen) atoms. The van der Waals surface area contributed by atoms with Crippen LogP contribution in [0.4, 0.5) is 0 Å². The smallest absolute Gasteiger partial charge is 0.251 e. The van der Waals surface area contributed by atoms with Gasteiger partial charge in [0.05, 0.1) is 0 Å². The molecule has 0 saturated carbocycles. The molecule has 2 rings (SSSR count). The van der Waals surface area contributed by atoms with Gasteiger partial charge in [-0.2, -0.15) is 0 Å². The van der Waals surface area contributed by atoms with E-state index >= 15 is 0 Å². The van der Waals surface area contributed by atoms with Crippen LogP contribution in [0.3, 0.4) is 0 Å². The van der Waals surface area contributed by atoms with Gasteiger partial charge in [-0.3, -0.25) is 4.79 Å². The first-order valence-electron chi connectivity index (χ1n) is 5.96. The Balaban J connectivity index is 2.36. The van der Waals surface area contributed by atoms with Crippen molar-refractivity contribution in [1.29, 1.82) is 0 Å². The molecule has 0 bridgehead atoms. The van der Waals surface area contributed by atoms with Gasteiger partial charge < -0.3 is 5.32 Å². The maximum atomic E-state index is 11.8. The van der Waals surface area contributed by atoms with Crippen LogP contribution >= 0.6 is 0 Å². The first-order valence-corrected chi connectivity index (χ1v) is 5.96. The van der Waals surface area contributed by atoms with Crippen LogP contribution in [0.1, 0.15) is 47.7 Å². The molecule has 1 heterocycles. The molecule has 0 aliphatic carbocycles. The summed E-state index contributed by atoms with van der Waals surface area (Å²) in [6.07, 6.45) is 1.14. The number of fused-ring (bicyclic) bond motifs is 1. The average Bonchev–Trinajstić information content (AvgIpc) is 2.22. The molecule has 1 amide bonds. The van der Waals surface area contributed by atoms with Crippen molar-refractivity contribution in [3.63, 3.8) is 0 Å². The third kappa shape index (κ3) is 2.11. The molecule has 0 fully saturated rings. The average molecular weight is 217 g/mol. The number of nitrogens with one attached hydrogen (secondary N) is 1. The predicted molar refractivity (Wildman–Crippen MR) is 65.7 cm³/mol. The topological polar surface area (TPSA) is 29.1 Å². The van der Waals surface area contributed by atoms with E-state index in [1.54, 1.807) is 0 Å². The molecule has 2 nitrogen and oxygen atoms in total. The van der Waals surface area contributed by atoms with Crippen molar-refractivity contribution in [3.8, 4) is 0 Å². The third-order valence-corrected chi connectivity index (χ3v) is 3.16. The Bertz CT molecular complexity index is 409. The van der Waals surface area contributed by atoms with Crippen molar-refractivity contribution in [2.45, 2.75) is 33.1 Å². The predicted octanol–water partition coefficient (Wildman–Crippen LogP) is 2.87. The minimum Gasteiger partial charge on any atom is -0.351 e. The Labute approximate surface area is 97.1 Å². The molecular formula is C14H19NO. The molecule has 1 unspecified atom stereocenters. The van der Waals surface area contributed by atoms with Crippen molar-refractivity contribution in [1.82, 2.24) is 5.32 Å². The molecule has 1 aromatic carbocycles.